The van der Waals surface area contributed by atoms with Crippen molar-refractivity contribution in [3.8, 4) is 22.8 Å². The van der Waals surface area contributed by atoms with E-state index in [-0.39, 0.29) is 23.5 Å². The second-order valence-electron chi connectivity index (χ2n) is 7.96. The molecule has 0 aliphatic heterocycles. The first-order valence-electron chi connectivity index (χ1n) is 11.1. The van der Waals surface area contributed by atoms with Crippen molar-refractivity contribution in [1.82, 2.24) is 20.1 Å². The fourth-order valence-electron chi connectivity index (χ4n) is 3.66. The van der Waals surface area contributed by atoms with Crippen LogP contribution < -0.4 is 10.1 Å². The Balaban J connectivity index is 1.54. The summed E-state index contributed by atoms with van der Waals surface area (Å²) in [7, 11) is 1.63. The molecule has 7 nitrogen and oxygen atoms in total. The van der Waals surface area contributed by atoms with Gasteiger partial charge in [0.05, 0.1) is 18.9 Å². The van der Waals surface area contributed by atoms with E-state index in [1.54, 1.807) is 19.2 Å². The van der Waals surface area contributed by atoms with Gasteiger partial charge in [0.2, 0.25) is 5.91 Å². The average molecular weight is 487 g/mol. The number of ether oxygens (including phenoxy) is 1. The molecule has 8 heteroatoms. The number of amides is 1. The van der Waals surface area contributed by atoms with Gasteiger partial charge < -0.3 is 10.1 Å². The van der Waals surface area contributed by atoms with Crippen molar-refractivity contribution in [2.75, 3.05) is 12.9 Å². The molecule has 4 rings (SSSR count). The number of hydrogen-bond acceptors (Lipinski definition) is 6. The third-order valence-corrected chi connectivity index (χ3v) is 6.41. The Bertz CT molecular complexity index is 1300. The van der Waals surface area contributed by atoms with Gasteiger partial charge in [0, 0.05) is 23.7 Å². The number of hydrogen-bond donors (Lipinski definition) is 1. The average Bonchev–Trinajstić information content (AvgIpc) is 3.31. The summed E-state index contributed by atoms with van der Waals surface area (Å²) in [5, 5.41) is 12.3. The van der Waals surface area contributed by atoms with Crippen LogP contribution in [0, 0.1) is 0 Å². The number of aromatic nitrogens is 3. The van der Waals surface area contributed by atoms with Crippen LogP contribution in [0.5, 0.6) is 5.75 Å². The van der Waals surface area contributed by atoms with Crippen LogP contribution in [0.1, 0.15) is 35.8 Å². The zero-order valence-electron chi connectivity index (χ0n) is 19.8. The predicted molar refractivity (Wildman–Crippen MR) is 137 cm³/mol. The zero-order valence-corrected chi connectivity index (χ0v) is 20.6. The molecule has 0 spiro atoms. The van der Waals surface area contributed by atoms with Crippen LogP contribution >= 0.6 is 11.8 Å². The van der Waals surface area contributed by atoms with Gasteiger partial charge in [-0.1, -0.05) is 54.2 Å². The quantitative estimate of drug-likeness (QED) is 0.261. The first kappa shape index (κ1) is 24.2. The van der Waals surface area contributed by atoms with Crippen LogP contribution in [-0.2, 0) is 4.79 Å². The smallest absolute Gasteiger partial charge is 0.217 e. The number of rotatable bonds is 9. The van der Waals surface area contributed by atoms with Gasteiger partial charge in [-0.2, -0.15) is 0 Å². The highest BCUT2D eigenvalue weighted by molar-refractivity contribution is 7.99. The summed E-state index contributed by atoms with van der Waals surface area (Å²) >= 11 is 1.35. The van der Waals surface area contributed by atoms with Gasteiger partial charge >= 0.3 is 0 Å². The summed E-state index contributed by atoms with van der Waals surface area (Å²) < 4.78 is 7.22. The number of carbonyl (C=O) groups is 2. The number of ketones is 1. The van der Waals surface area contributed by atoms with Gasteiger partial charge in [0.25, 0.3) is 0 Å². The van der Waals surface area contributed by atoms with E-state index in [1.165, 1.54) is 18.7 Å². The van der Waals surface area contributed by atoms with E-state index in [0.29, 0.717) is 16.5 Å². The topological polar surface area (TPSA) is 86.1 Å². The lowest BCUT2D eigenvalue weighted by atomic mass is 10.0. The van der Waals surface area contributed by atoms with Crippen molar-refractivity contribution in [3.05, 3.63) is 90.0 Å². The van der Waals surface area contributed by atoms with Crippen molar-refractivity contribution >= 4 is 23.5 Å². The largest absolute Gasteiger partial charge is 0.497 e. The van der Waals surface area contributed by atoms with Gasteiger partial charge in [-0.3, -0.25) is 14.2 Å². The summed E-state index contributed by atoms with van der Waals surface area (Å²) in [6, 6.07) is 24.7. The molecule has 0 aliphatic carbocycles. The normalized spacial score (nSPS) is 11.6. The summed E-state index contributed by atoms with van der Waals surface area (Å²) in [5.41, 5.74) is 3.36. The Labute approximate surface area is 208 Å². The molecular weight excluding hydrogens is 460 g/mol. The maximum absolute atomic E-state index is 12.9. The van der Waals surface area contributed by atoms with Gasteiger partial charge in [0.1, 0.15) is 5.75 Å². The minimum Gasteiger partial charge on any atom is -0.497 e. The Morgan fingerprint density at radius 1 is 0.971 bits per heavy atom. The molecular formula is C27H26N4O3S. The maximum atomic E-state index is 12.9. The third kappa shape index (κ3) is 5.78. The minimum absolute atomic E-state index is 0.0117. The lowest BCUT2D eigenvalue weighted by Gasteiger charge is -2.13. The third-order valence-electron chi connectivity index (χ3n) is 5.48. The fraction of sp³-hybridized carbons (Fsp3) is 0.185. The number of nitrogens with one attached hydrogen (secondary N) is 1. The van der Waals surface area contributed by atoms with Gasteiger partial charge in [-0.05, 0) is 48.9 Å². The Morgan fingerprint density at radius 3 is 2.29 bits per heavy atom. The lowest BCUT2D eigenvalue weighted by molar-refractivity contribution is -0.119. The van der Waals surface area contributed by atoms with Crippen LogP contribution in [0.2, 0.25) is 0 Å². The van der Waals surface area contributed by atoms with Crippen LogP contribution in [0.3, 0.4) is 0 Å². The summed E-state index contributed by atoms with van der Waals surface area (Å²) in [4.78, 5) is 24.2. The summed E-state index contributed by atoms with van der Waals surface area (Å²) in [5.74, 6) is 1.56. The van der Waals surface area contributed by atoms with Crippen molar-refractivity contribution in [2.24, 2.45) is 0 Å². The lowest BCUT2D eigenvalue weighted by Crippen LogP contribution is -2.23. The van der Waals surface area contributed by atoms with E-state index in [2.05, 4.69) is 15.5 Å². The number of para-hydroxylation sites is 1. The highest BCUT2D eigenvalue weighted by atomic mass is 32.2. The number of benzene rings is 3. The van der Waals surface area contributed by atoms with Crippen LogP contribution in [0.15, 0.2) is 84.0 Å². The predicted octanol–water partition coefficient (Wildman–Crippen LogP) is 5.12. The molecule has 0 fully saturated rings. The van der Waals surface area contributed by atoms with Crippen molar-refractivity contribution in [3.63, 3.8) is 0 Å². The fourth-order valence-corrected chi connectivity index (χ4v) is 4.51. The van der Waals surface area contributed by atoms with Crippen molar-refractivity contribution in [1.29, 1.82) is 0 Å². The monoisotopic (exact) mass is 486 g/mol. The Kier molecular flexibility index (Phi) is 7.62. The molecule has 1 aromatic heterocycles. The molecule has 0 saturated carbocycles. The Hall–Kier alpha value is -3.91. The molecule has 0 bridgehead atoms. The highest BCUT2D eigenvalue weighted by Gasteiger charge is 2.18. The van der Waals surface area contributed by atoms with Crippen LogP contribution in [-0.4, -0.2) is 39.3 Å². The first-order valence-corrected chi connectivity index (χ1v) is 12.1. The van der Waals surface area contributed by atoms with E-state index in [0.717, 1.165) is 22.6 Å². The molecule has 178 valence electrons. The standard InChI is InChI=1S/C27H26N4O3S/c1-18(28-19(2)32)20-9-11-21(12-10-20)25(33)17-35-27-30-29-26(22-13-15-24(34-3)16-14-22)31(27)23-7-5-4-6-8-23/h4-16,18H,17H2,1-3H3,(H,28,32). The van der Waals surface area contributed by atoms with Gasteiger partial charge in [0.15, 0.2) is 16.8 Å². The number of Topliss-reactive ketones (excluding diaryl/α,β-unsaturated/α-hetero) is 1. The minimum atomic E-state index is -0.119. The second-order valence-corrected chi connectivity index (χ2v) is 8.90. The molecule has 1 unspecified atom stereocenters. The van der Waals surface area contributed by atoms with Crippen molar-refractivity contribution in [2.45, 2.75) is 25.0 Å². The van der Waals surface area contributed by atoms with Crippen LogP contribution in [0.25, 0.3) is 17.1 Å². The molecule has 0 aliphatic rings. The van der Waals surface area contributed by atoms with E-state index >= 15 is 0 Å². The second kappa shape index (κ2) is 11.0. The molecule has 1 heterocycles. The molecule has 35 heavy (non-hydrogen) atoms. The van der Waals surface area contributed by atoms with E-state index in [9.17, 15) is 9.59 Å². The highest BCUT2D eigenvalue weighted by Crippen LogP contribution is 2.29. The van der Waals surface area contributed by atoms with Gasteiger partial charge in [-0.15, -0.1) is 10.2 Å². The van der Waals surface area contributed by atoms with Crippen LogP contribution in [0.4, 0.5) is 0 Å². The molecule has 0 radical (unpaired) electrons. The Morgan fingerprint density at radius 2 is 1.66 bits per heavy atom. The molecule has 3 aromatic carbocycles. The number of carbonyl (C=O) groups excluding carboxylic acids is 2. The summed E-state index contributed by atoms with van der Waals surface area (Å²) in [6.07, 6.45) is 0. The molecule has 1 amide bonds. The molecule has 1 atom stereocenters. The number of nitrogens with zero attached hydrogens (tertiary/aromatic N) is 3. The van der Waals surface area contributed by atoms with E-state index in [1.807, 2.05) is 78.2 Å². The molecule has 4 aromatic rings. The number of thioether (sulfide) groups is 1. The van der Waals surface area contributed by atoms with Gasteiger partial charge in [-0.25, -0.2) is 0 Å². The molecule has 0 saturated heterocycles. The maximum Gasteiger partial charge on any atom is 0.217 e. The molecule has 1 N–H and O–H groups in total. The van der Waals surface area contributed by atoms with E-state index in [4.69, 9.17) is 4.74 Å². The zero-order chi connectivity index (χ0) is 24.8. The SMILES string of the molecule is COc1ccc(-c2nnc(SCC(=O)c3ccc(C(C)NC(C)=O)cc3)n2-c2ccccc2)cc1. The van der Waals surface area contributed by atoms with E-state index < -0.39 is 0 Å². The summed E-state index contributed by atoms with van der Waals surface area (Å²) in [6.45, 7) is 3.39. The van der Waals surface area contributed by atoms with Crippen molar-refractivity contribution < 1.29 is 14.3 Å². The first-order chi connectivity index (χ1) is 17.0. The number of methoxy groups -OCH3 is 1.